The van der Waals surface area contributed by atoms with Crippen LogP contribution >= 0.6 is 12.4 Å². The summed E-state index contributed by atoms with van der Waals surface area (Å²) in [7, 11) is 3.35. The Labute approximate surface area is 103 Å². The number of benzene rings is 1. The monoisotopic (exact) mass is 243 g/mol. The zero-order valence-electron chi connectivity index (χ0n) is 9.87. The molecular weight excluding hydrogens is 226 g/mol. The van der Waals surface area contributed by atoms with E-state index in [2.05, 4.69) is 24.4 Å². The van der Waals surface area contributed by atoms with Gasteiger partial charge in [0.2, 0.25) is 0 Å². The third kappa shape index (κ3) is 2.25. The number of methoxy groups -OCH3 is 2. The summed E-state index contributed by atoms with van der Waals surface area (Å²) in [5, 5.41) is 3.43. The van der Waals surface area contributed by atoms with Gasteiger partial charge in [0, 0.05) is 6.04 Å². The van der Waals surface area contributed by atoms with Gasteiger partial charge in [0.25, 0.3) is 0 Å². The topological polar surface area (TPSA) is 30.5 Å². The van der Waals surface area contributed by atoms with Gasteiger partial charge in [0.15, 0.2) is 11.5 Å². The van der Waals surface area contributed by atoms with Gasteiger partial charge in [-0.3, -0.25) is 0 Å². The minimum Gasteiger partial charge on any atom is -0.493 e. The summed E-state index contributed by atoms with van der Waals surface area (Å²) in [6.07, 6.45) is 1.06. The minimum absolute atomic E-state index is 0. The normalized spacial score (nSPS) is 18.3. The van der Waals surface area contributed by atoms with E-state index >= 15 is 0 Å². The number of rotatable bonds is 2. The van der Waals surface area contributed by atoms with Crippen molar-refractivity contribution in [2.75, 3.05) is 20.8 Å². The van der Waals surface area contributed by atoms with Gasteiger partial charge in [-0.15, -0.1) is 12.4 Å². The summed E-state index contributed by atoms with van der Waals surface area (Å²) in [6, 6.07) is 4.56. The summed E-state index contributed by atoms with van der Waals surface area (Å²) in [5.41, 5.74) is 2.68. The third-order valence-electron chi connectivity index (χ3n) is 2.96. The van der Waals surface area contributed by atoms with E-state index in [1.165, 1.54) is 11.1 Å². The molecule has 16 heavy (non-hydrogen) atoms. The van der Waals surface area contributed by atoms with Crippen molar-refractivity contribution in [3.63, 3.8) is 0 Å². The second-order valence-corrected chi connectivity index (χ2v) is 3.83. The fourth-order valence-corrected chi connectivity index (χ4v) is 2.09. The molecule has 90 valence electrons. The second-order valence-electron chi connectivity index (χ2n) is 3.83. The zero-order chi connectivity index (χ0) is 10.8. The van der Waals surface area contributed by atoms with Gasteiger partial charge >= 0.3 is 0 Å². The molecule has 0 saturated carbocycles. The summed E-state index contributed by atoms with van der Waals surface area (Å²) >= 11 is 0. The lowest BCUT2D eigenvalue weighted by Crippen LogP contribution is -2.27. The minimum atomic E-state index is 0. The quantitative estimate of drug-likeness (QED) is 0.865. The van der Waals surface area contributed by atoms with Crippen LogP contribution < -0.4 is 14.8 Å². The molecule has 1 aliphatic heterocycles. The van der Waals surface area contributed by atoms with Crippen LogP contribution in [0.25, 0.3) is 0 Å². The highest BCUT2D eigenvalue weighted by Gasteiger charge is 2.18. The molecule has 0 unspecified atom stereocenters. The van der Waals surface area contributed by atoms with Gasteiger partial charge in [-0.2, -0.15) is 0 Å². The molecule has 2 rings (SSSR count). The molecule has 1 atom stereocenters. The van der Waals surface area contributed by atoms with Gasteiger partial charge in [-0.1, -0.05) is 0 Å². The lowest BCUT2D eigenvalue weighted by Gasteiger charge is -2.25. The molecular formula is C12H18ClNO2. The zero-order valence-corrected chi connectivity index (χ0v) is 10.7. The maximum absolute atomic E-state index is 5.30. The molecule has 0 aromatic heterocycles. The maximum Gasteiger partial charge on any atom is 0.161 e. The first-order valence-electron chi connectivity index (χ1n) is 5.24. The van der Waals surface area contributed by atoms with Crippen molar-refractivity contribution < 1.29 is 9.47 Å². The number of hydrogen-bond acceptors (Lipinski definition) is 3. The molecule has 0 aliphatic carbocycles. The SMILES string of the molecule is COc1cc2c(cc1OC)[C@@H](C)NCC2.Cl. The van der Waals surface area contributed by atoms with Crippen LogP contribution in [0, 0.1) is 0 Å². The predicted molar refractivity (Wildman–Crippen MR) is 66.9 cm³/mol. The maximum atomic E-state index is 5.30. The average molecular weight is 244 g/mol. The molecule has 0 amide bonds. The Bertz CT molecular complexity index is 368. The summed E-state index contributed by atoms with van der Waals surface area (Å²) in [6.45, 7) is 3.20. The number of nitrogens with one attached hydrogen (secondary N) is 1. The van der Waals surface area contributed by atoms with E-state index in [-0.39, 0.29) is 12.4 Å². The first-order chi connectivity index (χ1) is 7.26. The molecule has 4 heteroatoms. The third-order valence-corrected chi connectivity index (χ3v) is 2.96. The molecule has 0 spiro atoms. The second kappa shape index (κ2) is 5.41. The highest BCUT2D eigenvalue weighted by atomic mass is 35.5. The van der Waals surface area contributed by atoms with Gasteiger partial charge in [0.1, 0.15) is 0 Å². The van der Waals surface area contributed by atoms with Crippen molar-refractivity contribution in [3.8, 4) is 11.5 Å². The molecule has 3 nitrogen and oxygen atoms in total. The molecule has 1 aliphatic rings. The fourth-order valence-electron chi connectivity index (χ4n) is 2.09. The van der Waals surface area contributed by atoms with E-state index in [1.807, 2.05) is 0 Å². The number of halogens is 1. The van der Waals surface area contributed by atoms with E-state index < -0.39 is 0 Å². The van der Waals surface area contributed by atoms with Crippen molar-refractivity contribution in [1.29, 1.82) is 0 Å². The van der Waals surface area contributed by atoms with Crippen LogP contribution in [0.4, 0.5) is 0 Å². The smallest absolute Gasteiger partial charge is 0.161 e. The largest absolute Gasteiger partial charge is 0.493 e. The van der Waals surface area contributed by atoms with E-state index in [4.69, 9.17) is 9.47 Å². The van der Waals surface area contributed by atoms with Crippen LogP contribution in [0.2, 0.25) is 0 Å². The molecule has 1 heterocycles. The van der Waals surface area contributed by atoms with E-state index in [0.29, 0.717) is 6.04 Å². The Morgan fingerprint density at radius 3 is 2.44 bits per heavy atom. The lowest BCUT2D eigenvalue weighted by atomic mass is 9.94. The Morgan fingerprint density at radius 2 is 1.81 bits per heavy atom. The van der Waals surface area contributed by atoms with Gasteiger partial charge in [-0.25, -0.2) is 0 Å². The molecule has 0 fully saturated rings. The van der Waals surface area contributed by atoms with Crippen LogP contribution in [0.1, 0.15) is 24.1 Å². The summed E-state index contributed by atoms with van der Waals surface area (Å²) in [5.74, 6) is 1.64. The Kier molecular flexibility index (Phi) is 4.44. The Hall–Kier alpha value is -0.930. The van der Waals surface area contributed by atoms with Crippen molar-refractivity contribution >= 4 is 12.4 Å². The first kappa shape index (κ1) is 13.1. The number of hydrogen-bond donors (Lipinski definition) is 1. The number of ether oxygens (including phenoxy) is 2. The van der Waals surface area contributed by atoms with Crippen LogP contribution in [0.15, 0.2) is 12.1 Å². The van der Waals surface area contributed by atoms with Crippen LogP contribution in [0.5, 0.6) is 11.5 Å². The van der Waals surface area contributed by atoms with Gasteiger partial charge in [0.05, 0.1) is 14.2 Å². The molecule has 0 saturated heterocycles. The molecule has 0 bridgehead atoms. The van der Waals surface area contributed by atoms with Gasteiger partial charge < -0.3 is 14.8 Å². The van der Waals surface area contributed by atoms with E-state index in [0.717, 1.165) is 24.5 Å². The lowest BCUT2D eigenvalue weighted by molar-refractivity contribution is 0.352. The molecule has 1 N–H and O–H groups in total. The van der Waals surface area contributed by atoms with E-state index in [9.17, 15) is 0 Å². The predicted octanol–water partition coefficient (Wildman–Crippen LogP) is 2.33. The fraction of sp³-hybridized carbons (Fsp3) is 0.500. The van der Waals surface area contributed by atoms with Crippen LogP contribution in [0.3, 0.4) is 0 Å². The van der Waals surface area contributed by atoms with Crippen LogP contribution in [-0.2, 0) is 6.42 Å². The summed E-state index contributed by atoms with van der Waals surface area (Å²) in [4.78, 5) is 0. The first-order valence-corrected chi connectivity index (χ1v) is 5.24. The van der Waals surface area contributed by atoms with Crippen molar-refractivity contribution in [2.45, 2.75) is 19.4 Å². The van der Waals surface area contributed by atoms with Crippen molar-refractivity contribution in [3.05, 3.63) is 23.3 Å². The summed E-state index contributed by atoms with van der Waals surface area (Å²) < 4.78 is 10.6. The highest BCUT2D eigenvalue weighted by molar-refractivity contribution is 5.85. The average Bonchev–Trinajstić information content (AvgIpc) is 2.28. The number of fused-ring (bicyclic) bond motifs is 1. The van der Waals surface area contributed by atoms with Crippen molar-refractivity contribution in [2.24, 2.45) is 0 Å². The van der Waals surface area contributed by atoms with Gasteiger partial charge in [-0.05, 0) is 43.1 Å². The Balaban J connectivity index is 0.00000128. The Morgan fingerprint density at radius 1 is 1.19 bits per heavy atom. The standard InChI is InChI=1S/C12H17NO2.ClH/c1-8-10-7-12(15-3)11(14-2)6-9(10)4-5-13-8;/h6-8,13H,4-5H2,1-3H3;1H/t8-;/m1./s1. The van der Waals surface area contributed by atoms with E-state index in [1.54, 1.807) is 14.2 Å². The highest BCUT2D eigenvalue weighted by Crippen LogP contribution is 2.34. The van der Waals surface area contributed by atoms with Crippen LogP contribution in [-0.4, -0.2) is 20.8 Å². The molecule has 1 aromatic rings. The van der Waals surface area contributed by atoms with Crippen molar-refractivity contribution in [1.82, 2.24) is 5.32 Å². The molecule has 0 radical (unpaired) electrons. The molecule has 1 aromatic carbocycles.